The Morgan fingerprint density at radius 2 is 1.93 bits per heavy atom. The molecule has 0 N–H and O–H groups in total. The largest absolute Gasteiger partial charge is 0.419 e. The number of amides is 1. The molecule has 2 unspecified atom stereocenters. The minimum atomic E-state index is -0.630. The maximum Gasteiger partial charge on any atom is 0.415 e. The van der Waals surface area contributed by atoms with Crippen LogP contribution in [-0.4, -0.2) is 28.1 Å². The molecule has 1 aromatic heterocycles. The first-order chi connectivity index (χ1) is 13.2. The van der Waals surface area contributed by atoms with E-state index in [1.807, 2.05) is 36.5 Å². The van der Waals surface area contributed by atoms with Gasteiger partial charge in [0.1, 0.15) is 0 Å². The van der Waals surface area contributed by atoms with Gasteiger partial charge >= 0.3 is 6.09 Å². The van der Waals surface area contributed by atoms with Crippen molar-refractivity contribution in [3.05, 3.63) is 67.2 Å². The average molecular weight is 359 g/mol. The summed E-state index contributed by atoms with van der Waals surface area (Å²) in [6, 6.07) is 14.7. The molecule has 0 radical (unpaired) electrons. The van der Waals surface area contributed by atoms with Crippen LogP contribution in [0.4, 0.5) is 4.79 Å². The lowest BCUT2D eigenvalue weighted by molar-refractivity contribution is 0.0808. The van der Waals surface area contributed by atoms with Crippen molar-refractivity contribution in [2.75, 3.05) is 0 Å². The minimum absolute atomic E-state index is 0.0104. The number of rotatable bonds is 3. The molecule has 1 amide bonds. The zero-order chi connectivity index (χ0) is 18.9. The zero-order valence-electron chi connectivity index (χ0n) is 15.0. The molecule has 0 spiro atoms. The number of carbonyl (C=O) groups is 1. The molecule has 5 nitrogen and oxygen atoms in total. The number of carbonyl (C=O) groups excluding carboxylic acids is 1. The van der Waals surface area contributed by atoms with Gasteiger partial charge in [0.25, 0.3) is 0 Å². The van der Waals surface area contributed by atoms with Gasteiger partial charge in [0.15, 0.2) is 0 Å². The van der Waals surface area contributed by atoms with Crippen molar-refractivity contribution < 1.29 is 9.53 Å². The highest BCUT2D eigenvalue weighted by Crippen LogP contribution is 2.47. The Labute approximate surface area is 158 Å². The molecule has 0 aliphatic carbocycles. The van der Waals surface area contributed by atoms with Crippen molar-refractivity contribution in [3.8, 4) is 17.2 Å². The van der Waals surface area contributed by atoms with Gasteiger partial charge in [-0.05, 0) is 42.9 Å². The standard InChI is InChI=1S/C22H21N3O2/c1-2-27-21(26)25-19-8-9-20(25)12-22(11-19,15-23)18-10-17(13-24-14-18)16-6-4-3-5-7-16/h2-7,10,13-14,19-20H,1,8-9,11-12H2. The third kappa shape index (κ3) is 2.97. The molecule has 2 aliphatic heterocycles. The van der Waals surface area contributed by atoms with Gasteiger partial charge in [-0.25, -0.2) is 4.79 Å². The molecule has 5 heteroatoms. The van der Waals surface area contributed by atoms with Crippen molar-refractivity contribution in [2.45, 2.75) is 43.2 Å². The van der Waals surface area contributed by atoms with Gasteiger partial charge < -0.3 is 9.64 Å². The van der Waals surface area contributed by atoms with Crippen LogP contribution >= 0.6 is 0 Å². The van der Waals surface area contributed by atoms with Crippen LogP contribution in [0.3, 0.4) is 0 Å². The summed E-state index contributed by atoms with van der Waals surface area (Å²) in [7, 11) is 0. The molecule has 2 atom stereocenters. The Balaban J connectivity index is 1.67. The number of piperidine rings is 1. The number of hydrogen-bond acceptors (Lipinski definition) is 4. The summed E-state index contributed by atoms with van der Waals surface area (Å²) in [5, 5.41) is 10.1. The SMILES string of the molecule is C=COC(=O)N1C2CCC1CC(C#N)(c1cncc(-c3ccccc3)c1)C2. The number of pyridine rings is 1. The van der Waals surface area contributed by atoms with Crippen LogP contribution in [0.5, 0.6) is 0 Å². The van der Waals surface area contributed by atoms with E-state index in [9.17, 15) is 10.1 Å². The highest BCUT2D eigenvalue weighted by molar-refractivity contribution is 5.70. The second-order valence-corrected chi connectivity index (χ2v) is 7.27. The summed E-state index contributed by atoms with van der Waals surface area (Å²) in [6.07, 6.45) is 7.43. The van der Waals surface area contributed by atoms with E-state index in [1.165, 1.54) is 6.26 Å². The molecule has 2 aromatic rings. The number of benzene rings is 1. The number of aromatic nitrogens is 1. The molecule has 27 heavy (non-hydrogen) atoms. The topological polar surface area (TPSA) is 66.2 Å². The molecule has 4 rings (SSSR count). The van der Waals surface area contributed by atoms with E-state index >= 15 is 0 Å². The van der Waals surface area contributed by atoms with E-state index < -0.39 is 5.41 Å². The van der Waals surface area contributed by atoms with E-state index in [1.54, 1.807) is 11.1 Å². The molecular formula is C22H21N3O2. The lowest BCUT2D eigenvalue weighted by Crippen LogP contribution is -2.51. The van der Waals surface area contributed by atoms with Crippen molar-refractivity contribution in [2.24, 2.45) is 0 Å². The predicted molar refractivity (Wildman–Crippen MR) is 102 cm³/mol. The normalized spacial score (nSPS) is 26.3. The molecule has 2 saturated heterocycles. The summed E-state index contributed by atoms with van der Waals surface area (Å²) in [5.41, 5.74) is 2.38. The fourth-order valence-corrected chi connectivity index (χ4v) is 4.56. The second-order valence-electron chi connectivity index (χ2n) is 7.27. The molecule has 2 aliphatic rings. The van der Waals surface area contributed by atoms with E-state index in [4.69, 9.17) is 4.74 Å². The number of nitrogens with zero attached hydrogens (tertiary/aromatic N) is 3. The Bertz CT molecular complexity index is 889. The van der Waals surface area contributed by atoms with E-state index in [0.717, 1.165) is 29.5 Å². The fraction of sp³-hybridized carbons (Fsp3) is 0.318. The Hall–Kier alpha value is -3.13. The molecule has 2 fully saturated rings. The van der Waals surface area contributed by atoms with Gasteiger partial charge in [-0.3, -0.25) is 4.98 Å². The van der Waals surface area contributed by atoms with Crippen LogP contribution < -0.4 is 0 Å². The fourth-order valence-electron chi connectivity index (χ4n) is 4.56. The van der Waals surface area contributed by atoms with Crippen molar-refractivity contribution >= 4 is 6.09 Å². The van der Waals surface area contributed by atoms with Crippen LogP contribution in [0.2, 0.25) is 0 Å². The van der Waals surface area contributed by atoms with Crippen molar-refractivity contribution in [1.29, 1.82) is 5.26 Å². The first kappa shape index (κ1) is 17.3. The van der Waals surface area contributed by atoms with Crippen molar-refractivity contribution in [1.82, 2.24) is 9.88 Å². The predicted octanol–water partition coefficient (Wildman–Crippen LogP) is 4.42. The molecule has 3 heterocycles. The summed E-state index contributed by atoms with van der Waals surface area (Å²) in [5.74, 6) is 0. The number of hydrogen-bond donors (Lipinski definition) is 0. The van der Waals surface area contributed by atoms with Gasteiger partial charge in [-0.15, -0.1) is 0 Å². The minimum Gasteiger partial charge on any atom is -0.419 e. The van der Waals surface area contributed by atoms with E-state index in [0.29, 0.717) is 12.8 Å². The van der Waals surface area contributed by atoms with Gasteiger partial charge in [0.2, 0.25) is 0 Å². The Morgan fingerprint density at radius 3 is 2.56 bits per heavy atom. The quantitative estimate of drug-likeness (QED) is 0.761. The third-order valence-corrected chi connectivity index (χ3v) is 5.80. The molecule has 0 saturated carbocycles. The smallest absolute Gasteiger partial charge is 0.415 e. The lowest BCUT2D eigenvalue weighted by atomic mass is 9.71. The number of fused-ring (bicyclic) bond motifs is 2. The first-order valence-electron chi connectivity index (χ1n) is 9.19. The van der Waals surface area contributed by atoms with E-state index in [-0.39, 0.29) is 18.2 Å². The highest BCUT2D eigenvalue weighted by Gasteiger charge is 2.51. The summed E-state index contributed by atoms with van der Waals surface area (Å²) >= 11 is 0. The van der Waals surface area contributed by atoms with Gasteiger partial charge in [-0.1, -0.05) is 36.9 Å². The average Bonchev–Trinajstić information content (AvgIpc) is 3.00. The summed E-state index contributed by atoms with van der Waals surface area (Å²) in [4.78, 5) is 18.5. The number of ether oxygens (including phenoxy) is 1. The second kappa shape index (κ2) is 6.88. The third-order valence-electron chi connectivity index (χ3n) is 5.80. The van der Waals surface area contributed by atoms with Crippen LogP contribution in [0, 0.1) is 11.3 Å². The van der Waals surface area contributed by atoms with Gasteiger partial charge in [0, 0.05) is 30.0 Å². The number of nitriles is 1. The van der Waals surface area contributed by atoms with Crippen LogP contribution in [0.1, 0.15) is 31.2 Å². The molecule has 136 valence electrons. The monoisotopic (exact) mass is 359 g/mol. The highest BCUT2D eigenvalue weighted by atomic mass is 16.5. The maximum atomic E-state index is 12.3. The summed E-state index contributed by atoms with van der Waals surface area (Å²) < 4.78 is 5.00. The Kier molecular flexibility index (Phi) is 4.41. The van der Waals surface area contributed by atoms with Crippen LogP contribution in [-0.2, 0) is 10.2 Å². The van der Waals surface area contributed by atoms with E-state index in [2.05, 4.69) is 23.7 Å². The van der Waals surface area contributed by atoms with Crippen LogP contribution in [0.15, 0.2) is 61.6 Å². The molecule has 1 aromatic carbocycles. The lowest BCUT2D eigenvalue weighted by Gasteiger charge is -2.42. The first-order valence-corrected chi connectivity index (χ1v) is 9.19. The summed E-state index contributed by atoms with van der Waals surface area (Å²) in [6.45, 7) is 3.47. The maximum absolute atomic E-state index is 12.3. The molecular weight excluding hydrogens is 338 g/mol. The molecule has 2 bridgehead atoms. The Morgan fingerprint density at radius 1 is 1.22 bits per heavy atom. The zero-order valence-corrected chi connectivity index (χ0v) is 15.0. The van der Waals surface area contributed by atoms with Crippen LogP contribution in [0.25, 0.3) is 11.1 Å². The van der Waals surface area contributed by atoms with Gasteiger partial charge in [-0.2, -0.15) is 5.26 Å². The van der Waals surface area contributed by atoms with Gasteiger partial charge in [0.05, 0.1) is 17.7 Å². The van der Waals surface area contributed by atoms with Crippen molar-refractivity contribution in [3.63, 3.8) is 0 Å².